The number of carbonyl (C=O) groups is 1. The van der Waals surface area contributed by atoms with E-state index >= 15 is 0 Å². The smallest absolute Gasteiger partial charge is 0.337 e. The Balaban J connectivity index is 2.38. The van der Waals surface area contributed by atoms with Gasteiger partial charge in [0.15, 0.2) is 0 Å². The Morgan fingerprint density at radius 2 is 1.88 bits per heavy atom. The Kier molecular flexibility index (Phi) is 5.45. The first-order valence-corrected chi connectivity index (χ1v) is 8.80. The van der Waals surface area contributed by atoms with Crippen LogP contribution in [0.5, 0.6) is 5.75 Å². The molecule has 0 amide bonds. The molecule has 2 aromatic rings. The molecule has 2 aromatic carbocycles. The fourth-order valence-corrected chi connectivity index (χ4v) is 3.20. The molecule has 0 spiro atoms. The molecule has 9 heteroatoms. The van der Waals surface area contributed by atoms with Crippen LogP contribution in [0, 0.1) is 5.82 Å². The standard InChI is InChI=1S/C15H13BrFNO5S/c1-22-14-7-9(15(19)23-2)3-6-13(14)18-24(20,21)10-4-5-11(16)12(17)8-10/h3-8,18H,1-2H3. The summed E-state index contributed by atoms with van der Waals surface area (Å²) < 4.78 is 50.4. The molecule has 0 aromatic heterocycles. The van der Waals surface area contributed by atoms with Crippen LogP contribution in [0.15, 0.2) is 45.8 Å². The zero-order valence-electron chi connectivity index (χ0n) is 12.7. The lowest BCUT2D eigenvalue weighted by atomic mass is 10.2. The third kappa shape index (κ3) is 3.85. The number of benzene rings is 2. The van der Waals surface area contributed by atoms with Crippen molar-refractivity contribution < 1.29 is 27.1 Å². The monoisotopic (exact) mass is 417 g/mol. The normalized spacial score (nSPS) is 11.0. The van der Waals surface area contributed by atoms with Crippen molar-refractivity contribution in [3.05, 3.63) is 52.3 Å². The first-order chi connectivity index (χ1) is 11.3. The Bertz CT molecular complexity index is 885. The van der Waals surface area contributed by atoms with Gasteiger partial charge in [0, 0.05) is 0 Å². The largest absolute Gasteiger partial charge is 0.495 e. The zero-order chi connectivity index (χ0) is 17.9. The van der Waals surface area contributed by atoms with Gasteiger partial charge in [-0.05, 0) is 52.3 Å². The number of halogens is 2. The number of ether oxygens (including phenoxy) is 2. The Hall–Kier alpha value is -2.13. The van der Waals surface area contributed by atoms with Crippen molar-refractivity contribution in [2.45, 2.75) is 4.90 Å². The second kappa shape index (κ2) is 7.18. The molecule has 0 fully saturated rings. The summed E-state index contributed by atoms with van der Waals surface area (Å²) in [6, 6.07) is 7.52. The second-order valence-corrected chi connectivity index (χ2v) is 7.12. The number of hydrogen-bond acceptors (Lipinski definition) is 5. The number of sulfonamides is 1. The van der Waals surface area contributed by atoms with E-state index in [-0.39, 0.29) is 26.4 Å². The first kappa shape index (κ1) is 18.2. The van der Waals surface area contributed by atoms with Crippen molar-refractivity contribution in [2.75, 3.05) is 18.9 Å². The van der Waals surface area contributed by atoms with Crippen LogP contribution in [0.3, 0.4) is 0 Å². The summed E-state index contributed by atoms with van der Waals surface area (Å²) in [4.78, 5) is 11.3. The van der Waals surface area contributed by atoms with Gasteiger partial charge in [0.05, 0.1) is 34.8 Å². The predicted octanol–water partition coefficient (Wildman–Crippen LogP) is 3.18. The van der Waals surface area contributed by atoms with Crippen LogP contribution < -0.4 is 9.46 Å². The minimum atomic E-state index is -4.03. The highest BCUT2D eigenvalue weighted by molar-refractivity contribution is 9.10. The van der Waals surface area contributed by atoms with Gasteiger partial charge < -0.3 is 9.47 Å². The van der Waals surface area contributed by atoms with Gasteiger partial charge in [0.2, 0.25) is 0 Å². The van der Waals surface area contributed by atoms with Crippen LogP contribution in [0.2, 0.25) is 0 Å². The van der Waals surface area contributed by atoms with E-state index in [1.165, 1.54) is 44.6 Å². The van der Waals surface area contributed by atoms with Crippen LogP contribution in [-0.4, -0.2) is 28.6 Å². The van der Waals surface area contributed by atoms with Crippen LogP contribution in [-0.2, 0) is 14.8 Å². The summed E-state index contributed by atoms with van der Waals surface area (Å²) in [5.41, 5.74) is 0.306. The molecule has 24 heavy (non-hydrogen) atoms. The molecule has 6 nitrogen and oxygen atoms in total. The van der Waals surface area contributed by atoms with E-state index in [2.05, 4.69) is 25.4 Å². The van der Waals surface area contributed by atoms with Crippen molar-refractivity contribution in [1.29, 1.82) is 0 Å². The average molecular weight is 418 g/mol. The van der Waals surface area contributed by atoms with Crippen molar-refractivity contribution in [1.82, 2.24) is 0 Å². The third-order valence-corrected chi connectivity index (χ3v) is 5.07. The van der Waals surface area contributed by atoms with E-state index in [1.54, 1.807) is 0 Å². The number of nitrogens with one attached hydrogen (secondary N) is 1. The zero-order valence-corrected chi connectivity index (χ0v) is 15.1. The molecule has 0 aliphatic heterocycles. The van der Waals surface area contributed by atoms with E-state index in [9.17, 15) is 17.6 Å². The average Bonchev–Trinajstić information content (AvgIpc) is 2.56. The van der Waals surface area contributed by atoms with Gasteiger partial charge in [0.25, 0.3) is 10.0 Å². The summed E-state index contributed by atoms with van der Waals surface area (Å²) >= 11 is 2.96. The van der Waals surface area contributed by atoms with Gasteiger partial charge in [-0.15, -0.1) is 0 Å². The molecular formula is C15H13BrFNO5S. The number of carbonyl (C=O) groups excluding carboxylic acids is 1. The van der Waals surface area contributed by atoms with Crippen LogP contribution in [0.1, 0.15) is 10.4 Å². The lowest BCUT2D eigenvalue weighted by Crippen LogP contribution is -2.14. The van der Waals surface area contributed by atoms with Crippen LogP contribution in [0.4, 0.5) is 10.1 Å². The molecule has 0 atom stereocenters. The number of rotatable bonds is 5. The lowest BCUT2D eigenvalue weighted by molar-refractivity contribution is 0.0600. The topological polar surface area (TPSA) is 81.7 Å². The molecule has 0 aliphatic carbocycles. The highest BCUT2D eigenvalue weighted by Crippen LogP contribution is 2.29. The highest BCUT2D eigenvalue weighted by Gasteiger charge is 2.19. The van der Waals surface area contributed by atoms with E-state index in [0.29, 0.717) is 0 Å². The Morgan fingerprint density at radius 3 is 2.46 bits per heavy atom. The number of methoxy groups -OCH3 is 2. The van der Waals surface area contributed by atoms with Gasteiger partial charge in [-0.3, -0.25) is 4.72 Å². The maximum absolute atomic E-state index is 13.6. The molecule has 0 saturated carbocycles. The van der Waals surface area contributed by atoms with Gasteiger partial charge in [-0.1, -0.05) is 0 Å². The summed E-state index contributed by atoms with van der Waals surface area (Å²) in [6.45, 7) is 0. The molecule has 0 radical (unpaired) electrons. The minimum absolute atomic E-state index is 0.105. The van der Waals surface area contributed by atoms with Gasteiger partial charge in [-0.25, -0.2) is 17.6 Å². The molecule has 0 heterocycles. The van der Waals surface area contributed by atoms with Gasteiger partial charge in [0.1, 0.15) is 11.6 Å². The third-order valence-electron chi connectivity index (χ3n) is 3.07. The number of hydrogen-bond donors (Lipinski definition) is 1. The van der Waals surface area contributed by atoms with Crippen molar-refractivity contribution in [3.8, 4) is 5.75 Å². The van der Waals surface area contributed by atoms with E-state index < -0.39 is 21.8 Å². The van der Waals surface area contributed by atoms with Crippen LogP contribution in [0.25, 0.3) is 0 Å². The maximum Gasteiger partial charge on any atom is 0.337 e. The number of esters is 1. The summed E-state index contributed by atoms with van der Waals surface area (Å²) in [6.07, 6.45) is 0. The van der Waals surface area contributed by atoms with Crippen molar-refractivity contribution in [3.63, 3.8) is 0 Å². The van der Waals surface area contributed by atoms with E-state index in [1.807, 2.05) is 0 Å². The molecule has 2 rings (SSSR count). The maximum atomic E-state index is 13.6. The quantitative estimate of drug-likeness (QED) is 0.755. The molecular weight excluding hydrogens is 405 g/mol. The molecule has 1 N–H and O–H groups in total. The molecule has 0 unspecified atom stereocenters. The second-order valence-electron chi connectivity index (χ2n) is 4.59. The summed E-state index contributed by atoms with van der Waals surface area (Å²) in [5.74, 6) is -1.16. The highest BCUT2D eigenvalue weighted by atomic mass is 79.9. The fraction of sp³-hybridized carbons (Fsp3) is 0.133. The lowest BCUT2D eigenvalue weighted by Gasteiger charge is -2.13. The molecule has 0 aliphatic rings. The fourth-order valence-electron chi connectivity index (χ4n) is 1.87. The molecule has 128 valence electrons. The Labute approximate surface area is 146 Å². The molecule has 0 bridgehead atoms. The predicted molar refractivity (Wildman–Crippen MR) is 89.2 cm³/mol. The van der Waals surface area contributed by atoms with Crippen molar-refractivity contribution >= 4 is 37.6 Å². The SMILES string of the molecule is COC(=O)c1ccc(NS(=O)(=O)c2ccc(Br)c(F)c2)c(OC)c1. The minimum Gasteiger partial charge on any atom is -0.495 e. The summed E-state index contributed by atoms with van der Waals surface area (Å²) in [5, 5.41) is 0. The van der Waals surface area contributed by atoms with E-state index in [4.69, 9.17) is 4.74 Å². The first-order valence-electron chi connectivity index (χ1n) is 6.52. The van der Waals surface area contributed by atoms with Crippen LogP contribution >= 0.6 is 15.9 Å². The van der Waals surface area contributed by atoms with Crippen molar-refractivity contribution in [2.24, 2.45) is 0 Å². The number of anilines is 1. The van der Waals surface area contributed by atoms with Gasteiger partial charge in [-0.2, -0.15) is 0 Å². The summed E-state index contributed by atoms with van der Waals surface area (Å²) in [7, 11) is -1.47. The molecule has 0 saturated heterocycles. The van der Waals surface area contributed by atoms with E-state index in [0.717, 1.165) is 6.07 Å². The Morgan fingerprint density at radius 1 is 1.17 bits per heavy atom. The van der Waals surface area contributed by atoms with Gasteiger partial charge >= 0.3 is 5.97 Å².